The summed E-state index contributed by atoms with van der Waals surface area (Å²) in [7, 11) is 0. The maximum absolute atomic E-state index is 11.7. The minimum atomic E-state index is -0.296. The number of hydrogen-bond donors (Lipinski definition) is 1. The molecule has 0 saturated heterocycles. The molecule has 16 heavy (non-hydrogen) atoms. The molecule has 1 rings (SSSR count). The van der Waals surface area contributed by atoms with Crippen LogP contribution in [-0.4, -0.2) is 15.8 Å². The predicted molar refractivity (Wildman–Crippen MR) is 67.1 cm³/mol. The van der Waals surface area contributed by atoms with Gasteiger partial charge in [0.2, 0.25) is 0 Å². The van der Waals surface area contributed by atoms with E-state index in [-0.39, 0.29) is 16.6 Å². The van der Waals surface area contributed by atoms with E-state index in [1.54, 1.807) is 12.3 Å². The normalized spacial score (nSPS) is 12.2. The summed E-state index contributed by atoms with van der Waals surface area (Å²) in [6.45, 7) is 7.99. The van der Waals surface area contributed by atoms with Crippen LogP contribution in [0.3, 0.4) is 0 Å². The second kappa shape index (κ2) is 5.70. The lowest BCUT2D eigenvalue weighted by Gasteiger charge is -2.14. The molecular formula is C11H16ClN3O. The van der Waals surface area contributed by atoms with Crippen LogP contribution in [0.2, 0.25) is 5.02 Å². The van der Waals surface area contributed by atoms with E-state index in [4.69, 9.17) is 11.6 Å². The quantitative estimate of drug-likeness (QED) is 0.805. The van der Waals surface area contributed by atoms with Gasteiger partial charge < -0.3 is 5.32 Å². The van der Waals surface area contributed by atoms with Crippen molar-refractivity contribution in [2.24, 2.45) is 0 Å². The molecule has 0 bridgehead atoms. The van der Waals surface area contributed by atoms with Gasteiger partial charge in [0.25, 0.3) is 5.56 Å². The van der Waals surface area contributed by atoms with Crippen molar-refractivity contribution in [3.05, 3.63) is 34.2 Å². The second-order valence-corrected chi connectivity index (χ2v) is 3.98. The van der Waals surface area contributed by atoms with Crippen LogP contribution in [0.5, 0.6) is 0 Å². The number of hydrogen-bond acceptors (Lipinski definition) is 3. The third-order valence-corrected chi connectivity index (χ3v) is 2.67. The zero-order chi connectivity index (χ0) is 12.1. The first-order valence-corrected chi connectivity index (χ1v) is 5.61. The predicted octanol–water partition coefficient (Wildman–Crippen LogP) is 2.29. The van der Waals surface area contributed by atoms with Gasteiger partial charge in [0.15, 0.2) is 0 Å². The molecule has 1 N–H and O–H groups in total. The Hall–Kier alpha value is -1.29. The number of halogens is 1. The van der Waals surface area contributed by atoms with E-state index in [9.17, 15) is 4.79 Å². The monoisotopic (exact) mass is 241 g/mol. The van der Waals surface area contributed by atoms with Crippen molar-refractivity contribution in [1.82, 2.24) is 9.78 Å². The highest BCUT2D eigenvalue weighted by molar-refractivity contribution is 6.32. The van der Waals surface area contributed by atoms with Crippen molar-refractivity contribution in [1.29, 1.82) is 0 Å². The number of allylic oxidation sites excluding steroid dienone is 1. The van der Waals surface area contributed by atoms with Gasteiger partial charge in [0, 0.05) is 6.04 Å². The van der Waals surface area contributed by atoms with E-state index in [1.807, 2.05) is 6.92 Å². The van der Waals surface area contributed by atoms with Crippen molar-refractivity contribution >= 4 is 17.3 Å². The maximum Gasteiger partial charge on any atom is 0.287 e. The van der Waals surface area contributed by atoms with E-state index in [0.29, 0.717) is 12.2 Å². The van der Waals surface area contributed by atoms with Gasteiger partial charge >= 0.3 is 0 Å². The van der Waals surface area contributed by atoms with E-state index in [0.717, 1.165) is 6.42 Å². The third kappa shape index (κ3) is 2.85. The molecule has 1 heterocycles. The van der Waals surface area contributed by atoms with Gasteiger partial charge in [-0.2, -0.15) is 5.10 Å². The summed E-state index contributed by atoms with van der Waals surface area (Å²) in [5.41, 5.74) is 0.288. The second-order valence-electron chi connectivity index (χ2n) is 3.60. The number of nitrogens with one attached hydrogen (secondary N) is 1. The molecule has 0 amide bonds. The molecule has 0 aliphatic heterocycles. The summed E-state index contributed by atoms with van der Waals surface area (Å²) < 4.78 is 1.27. The first kappa shape index (κ1) is 12.8. The molecule has 1 unspecified atom stereocenters. The summed E-state index contributed by atoms with van der Waals surface area (Å²) in [6, 6.07) is 0.258. The van der Waals surface area contributed by atoms with Crippen molar-refractivity contribution in [2.45, 2.75) is 32.9 Å². The van der Waals surface area contributed by atoms with Crippen LogP contribution in [0, 0.1) is 0 Å². The minimum absolute atomic E-state index is 0.178. The average Bonchev–Trinajstić information content (AvgIpc) is 2.28. The van der Waals surface area contributed by atoms with Crippen LogP contribution in [0.25, 0.3) is 0 Å². The maximum atomic E-state index is 11.7. The zero-order valence-electron chi connectivity index (χ0n) is 9.53. The number of nitrogens with zero attached hydrogens (tertiary/aromatic N) is 2. The molecule has 0 radical (unpaired) electrons. The molecule has 4 nitrogen and oxygen atoms in total. The van der Waals surface area contributed by atoms with Crippen molar-refractivity contribution in [3.8, 4) is 0 Å². The Morgan fingerprint density at radius 3 is 3.00 bits per heavy atom. The van der Waals surface area contributed by atoms with Crippen molar-refractivity contribution in [2.75, 3.05) is 5.32 Å². The number of anilines is 1. The van der Waals surface area contributed by atoms with Gasteiger partial charge in [-0.3, -0.25) is 4.79 Å². The SMILES string of the molecule is C=CCn1ncc(NC(C)CC)c(Cl)c1=O. The molecule has 1 aromatic heterocycles. The first-order valence-electron chi connectivity index (χ1n) is 5.23. The average molecular weight is 242 g/mol. The van der Waals surface area contributed by atoms with Gasteiger partial charge in [-0.25, -0.2) is 4.68 Å². The lowest BCUT2D eigenvalue weighted by Crippen LogP contribution is -2.25. The zero-order valence-corrected chi connectivity index (χ0v) is 10.3. The van der Waals surface area contributed by atoms with Gasteiger partial charge in [-0.15, -0.1) is 6.58 Å². The Kier molecular flexibility index (Phi) is 4.55. The number of rotatable bonds is 5. The highest BCUT2D eigenvalue weighted by Crippen LogP contribution is 2.16. The summed E-state index contributed by atoms with van der Waals surface area (Å²) in [6.07, 6.45) is 4.12. The third-order valence-electron chi connectivity index (χ3n) is 2.30. The molecule has 88 valence electrons. The van der Waals surface area contributed by atoms with Crippen LogP contribution in [0.1, 0.15) is 20.3 Å². The van der Waals surface area contributed by atoms with Crippen molar-refractivity contribution in [3.63, 3.8) is 0 Å². The van der Waals surface area contributed by atoms with E-state index in [1.165, 1.54) is 4.68 Å². The fourth-order valence-electron chi connectivity index (χ4n) is 1.19. The molecule has 1 atom stereocenters. The topological polar surface area (TPSA) is 46.9 Å². The Bertz CT molecular complexity index is 428. The summed E-state index contributed by atoms with van der Waals surface area (Å²) >= 11 is 5.97. The standard InChI is InChI=1S/C11H16ClN3O/c1-4-6-15-11(16)10(12)9(7-13-15)14-8(3)5-2/h4,7-8,14H,1,5-6H2,2-3H3. The van der Waals surface area contributed by atoms with Crippen LogP contribution in [0.4, 0.5) is 5.69 Å². The highest BCUT2D eigenvalue weighted by atomic mass is 35.5. The lowest BCUT2D eigenvalue weighted by atomic mass is 10.2. The largest absolute Gasteiger partial charge is 0.380 e. The Morgan fingerprint density at radius 1 is 1.75 bits per heavy atom. The molecule has 1 aromatic rings. The van der Waals surface area contributed by atoms with Crippen molar-refractivity contribution < 1.29 is 0 Å². The fourth-order valence-corrected chi connectivity index (χ4v) is 1.39. The van der Waals surface area contributed by atoms with E-state index >= 15 is 0 Å². The van der Waals surface area contributed by atoms with Gasteiger partial charge in [0.1, 0.15) is 5.02 Å². The summed E-state index contributed by atoms with van der Waals surface area (Å²) in [4.78, 5) is 11.7. The highest BCUT2D eigenvalue weighted by Gasteiger charge is 2.09. The Labute approximate surface area is 99.9 Å². The molecule has 0 spiro atoms. The molecule has 0 saturated carbocycles. The fraction of sp³-hybridized carbons (Fsp3) is 0.455. The molecule has 5 heteroatoms. The molecule has 0 aromatic carbocycles. The smallest absolute Gasteiger partial charge is 0.287 e. The van der Waals surface area contributed by atoms with Gasteiger partial charge in [-0.05, 0) is 13.3 Å². The van der Waals surface area contributed by atoms with Crippen LogP contribution in [-0.2, 0) is 6.54 Å². The molecule has 0 aliphatic carbocycles. The lowest BCUT2D eigenvalue weighted by molar-refractivity contribution is 0.650. The van der Waals surface area contributed by atoms with Crippen LogP contribution in [0.15, 0.2) is 23.6 Å². The van der Waals surface area contributed by atoms with E-state index in [2.05, 4.69) is 23.9 Å². The summed E-state index contributed by atoms with van der Waals surface area (Å²) in [5.74, 6) is 0. The first-order chi connectivity index (χ1) is 7.60. The van der Waals surface area contributed by atoms with Crippen LogP contribution >= 0.6 is 11.6 Å². The Balaban J connectivity index is 3.02. The molecular weight excluding hydrogens is 226 g/mol. The van der Waals surface area contributed by atoms with Crippen LogP contribution < -0.4 is 10.9 Å². The van der Waals surface area contributed by atoms with Gasteiger partial charge in [-0.1, -0.05) is 24.6 Å². The van der Waals surface area contributed by atoms with Gasteiger partial charge in [0.05, 0.1) is 18.4 Å². The van der Waals surface area contributed by atoms with E-state index < -0.39 is 0 Å². The molecule has 0 aliphatic rings. The number of aromatic nitrogens is 2. The summed E-state index contributed by atoms with van der Waals surface area (Å²) in [5, 5.41) is 7.32. The minimum Gasteiger partial charge on any atom is -0.380 e. The molecule has 0 fully saturated rings. The Morgan fingerprint density at radius 2 is 2.44 bits per heavy atom.